The minimum atomic E-state index is -0.537. The number of ether oxygens (including phenoxy) is 3. The number of aryl methyl sites for hydroxylation is 1. The zero-order valence-electron chi connectivity index (χ0n) is 18.3. The number of nitrogens with one attached hydrogen (secondary N) is 1. The van der Waals surface area contributed by atoms with E-state index in [1.807, 2.05) is 31.2 Å². The highest BCUT2D eigenvalue weighted by molar-refractivity contribution is 6.33. The summed E-state index contributed by atoms with van der Waals surface area (Å²) in [6.07, 6.45) is 3.11. The molecule has 0 aromatic heterocycles. The first kappa shape index (κ1) is 22.4. The van der Waals surface area contributed by atoms with Gasteiger partial charge in [-0.2, -0.15) is 4.99 Å². The highest BCUT2D eigenvalue weighted by Gasteiger charge is 2.34. The molecule has 2 aliphatic rings. The number of halogens is 1. The van der Waals surface area contributed by atoms with Crippen molar-refractivity contribution in [1.82, 2.24) is 5.06 Å². The molecule has 2 aromatic carbocycles. The molecule has 33 heavy (non-hydrogen) atoms. The molecule has 2 heterocycles. The van der Waals surface area contributed by atoms with Gasteiger partial charge in [0.1, 0.15) is 24.7 Å². The van der Waals surface area contributed by atoms with Crippen molar-refractivity contribution >= 4 is 35.3 Å². The normalized spacial score (nSPS) is 16.2. The van der Waals surface area contributed by atoms with Gasteiger partial charge in [-0.1, -0.05) is 23.7 Å². The number of nitrogens with zero attached hydrogens (tertiary/aromatic N) is 2. The molecule has 0 unspecified atom stereocenters. The molecule has 2 aliphatic heterocycles. The molecular formula is C24H22ClN3O5. The van der Waals surface area contributed by atoms with Crippen molar-refractivity contribution in [2.45, 2.75) is 13.8 Å². The van der Waals surface area contributed by atoms with E-state index in [9.17, 15) is 4.79 Å². The molecule has 0 saturated carbocycles. The molecule has 0 fully saturated rings. The summed E-state index contributed by atoms with van der Waals surface area (Å²) in [5.74, 6) is 1.70. The maximum atomic E-state index is 12.5. The van der Waals surface area contributed by atoms with Crippen molar-refractivity contribution in [3.05, 3.63) is 70.0 Å². The fourth-order valence-electron chi connectivity index (χ4n) is 3.34. The molecule has 1 amide bonds. The van der Waals surface area contributed by atoms with Crippen molar-refractivity contribution in [2.24, 2.45) is 4.99 Å². The quantitative estimate of drug-likeness (QED) is 0.473. The number of methoxy groups -OCH3 is 1. The molecule has 2 aromatic rings. The summed E-state index contributed by atoms with van der Waals surface area (Å²) in [7, 11) is 1.50. The van der Waals surface area contributed by atoms with E-state index in [1.54, 1.807) is 25.1 Å². The van der Waals surface area contributed by atoms with Crippen molar-refractivity contribution in [1.29, 1.82) is 5.41 Å². The number of carbonyl (C=O) groups is 1. The molecule has 0 atom stereocenters. The SMILES string of the molecule is COc1cc(/C=C2/C(=N)N3OC(C)=CC3=NC2=O)cc(Cl)c1OCCOc1cccc(C)c1. The number of amidine groups is 2. The van der Waals surface area contributed by atoms with E-state index in [-0.39, 0.29) is 23.9 Å². The Balaban J connectivity index is 1.48. The average Bonchev–Trinajstić information content (AvgIpc) is 3.15. The minimum Gasteiger partial charge on any atom is -0.493 e. The summed E-state index contributed by atoms with van der Waals surface area (Å²) in [4.78, 5) is 21.9. The molecule has 9 heteroatoms. The molecule has 0 radical (unpaired) electrons. The lowest BCUT2D eigenvalue weighted by Crippen LogP contribution is -2.38. The monoisotopic (exact) mass is 467 g/mol. The molecule has 0 aliphatic carbocycles. The third-order valence-electron chi connectivity index (χ3n) is 4.83. The van der Waals surface area contributed by atoms with Crippen LogP contribution in [-0.2, 0) is 9.63 Å². The van der Waals surface area contributed by atoms with Gasteiger partial charge in [-0.3, -0.25) is 10.2 Å². The van der Waals surface area contributed by atoms with Crippen LogP contribution in [0, 0.1) is 12.3 Å². The number of aliphatic imine (C=N–C) groups is 1. The second-order valence-electron chi connectivity index (χ2n) is 7.37. The van der Waals surface area contributed by atoms with Crippen LogP contribution in [0.4, 0.5) is 0 Å². The van der Waals surface area contributed by atoms with Gasteiger partial charge in [-0.05, 0) is 55.3 Å². The lowest BCUT2D eigenvalue weighted by molar-refractivity contribution is -0.114. The topological polar surface area (TPSA) is 93.4 Å². The smallest absolute Gasteiger partial charge is 0.282 e. The second-order valence-corrected chi connectivity index (χ2v) is 7.78. The molecule has 170 valence electrons. The molecule has 8 nitrogen and oxygen atoms in total. The largest absolute Gasteiger partial charge is 0.493 e. The van der Waals surface area contributed by atoms with Gasteiger partial charge in [0.05, 0.1) is 17.7 Å². The fraction of sp³-hybridized carbons (Fsp3) is 0.208. The third kappa shape index (κ3) is 4.85. The Kier molecular flexibility index (Phi) is 6.37. The summed E-state index contributed by atoms with van der Waals surface area (Å²) >= 11 is 6.44. The van der Waals surface area contributed by atoms with E-state index in [1.165, 1.54) is 18.2 Å². The number of amides is 1. The van der Waals surface area contributed by atoms with E-state index in [4.69, 9.17) is 36.1 Å². The fourth-order valence-corrected chi connectivity index (χ4v) is 3.61. The number of hydrogen-bond donors (Lipinski definition) is 1. The Morgan fingerprint density at radius 2 is 1.97 bits per heavy atom. The van der Waals surface area contributed by atoms with Gasteiger partial charge in [0.25, 0.3) is 5.91 Å². The van der Waals surface area contributed by atoms with E-state index >= 15 is 0 Å². The van der Waals surface area contributed by atoms with Crippen LogP contribution in [0.25, 0.3) is 6.08 Å². The first-order valence-corrected chi connectivity index (χ1v) is 10.5. The van der Waals surface area contributed by atoms with E-state index in [0.717, 1.165) is 11.3 Å². The van der Waals surface area contributed by atoms with E-state index in [2.05, 4.69) is 4.99 Å². The number of hydrogen-bond acceptors (Lipinski definition) is 6. The van der Waals surface area contributed by atoms with Crippen LogP contribution in [0.1, 0.15) is 18.1 Å². The van der Waals surface area contributed by atoms with Crippen LogP contribution in [-0.4, -0.2) is 43.0 Å². The lowest BCUT2D eigenvalue weighted by atomic mass is 10.1. The zero-order chi connectivity index (χ0) is 23.5. The van der Waals surface area contributed by atoms with Crippen molar-refractivity contribution < 1.29 is 23.8 Å². The first-order chi connectivity index (χ1) is 15.9. The number of benzene rings is 2. The third-order valence-corrected chi connectivity index (χ3v) is 5.11. The highest BCUT2D eigenvalue weighted by atomic mass is 35.5. The maximum absolute atomic E-state index is 12.5. The summed E-state index contributed by atoms with van der Waals surface area (Å²) < 4.78 is 16.9. The molecule has 0 bridgehead atoms. The van der Waals surface area contributed by atoms with Gasteiger partial charge in [-0.25, -0.2) is 0 Å². The lowest BCUT2D eigenvalue weighted by Gasteiger charge is -2.23. The Bertz CT molecular complexity index is 1220. The molecule has 0 saturated heterocycles. The first-order valence-electron chi connectivity index (χ1n) is 10.2. The highest BCUT2D eigenvalue weighted by Crippen LogP contribution is 2.37. The van der Waals surface area contributed by atoms with Gasteiger partial charge in [0.2, 0.25) is 0 Å². The maximum Gasteiger partial charge on any atom is 0.282 e. The Labute approximate surface area is 196 Å². The summed E-state index contributed by atoms with van der Waals surface area (Å²) in [6, 6.07) is 11.0. The number of fused-ring (bicyclic) bond motifs is 1. The Hall–Kier alpha value is -3.78. The molecule has 0 spiro atoms. The van der Waals surface area contributed by atoms with Crippen LogP contribution in [0.3, 0.4) is 0 Å². The Morgan fingerprint density at radius 3 is 2.73 bits per heavy atom. The number of hydroxylamine groups is 2. The number of rotatable bonds is 7. The van der Waals surface area contributed by atoms with Crippen LogP contribution in [0.15, 0.2) is 58.8 Å². The predicted molar refractivity (Wildman–Crippen MR) is 125 cm³/mol. The summed E-state index contributed by atoms with van der Waals surface area (Å²) in [5.41, 5.74) is 1.73. The summed E-state index contributed by atoms with van der Waals surface area (Å²) in [6.45, 7) is 4.29. The van der Waals surface area contributed by atoms with Gasteiger partial charge < -0.3 is 19.0 Å². The second kappa shape index (κ2) is 9.38. The average molecular weight is 468 g/mol. The predicted octanol–water partition coefficient (Wildman–Crippen LogP) is 4.57. The van der Waals surface area contributed by atoms with E-state index < -0.39 is 5.91 Å². The van der Waals surface area contributed by atoms with Crippen LogP contribution >= 0.6 is 11.6 Å². The van der Waals surface area contributed by atoms with Crippen molar-refractivity contribution in [3.8, 4) is 17.2 Å². The van der Waals surface area contributed by atoms with Crippen LogP contribution in [0.2, 0.25) is 5.02 Å². The molecular weight excluding hydrogens is 446 g/mol. The number of carbonyl (C=O) groups excluding carboxylic acids is 1. The summed E-state index contributed by atoms with van der Waals surface area (Å²) in [5, 5.41) is 9.83. The minimum absolute atomic E-state index is 0.0696. The molecule has 1 N–H and O–H groups in total. The zero-order valence-corrected chi connectivity index (χ0v) is 19.1. The van der Waals surface area contributed by atoms with Crippen LogP contribution < -0.4 is 14.2 Å². The Morgan fingerprint density at radius 1 is 1.18 bits per heavy atom. The standard InChI is InChI=1S/C24H22ClN3O5/c1-14-5-4-6-17(9-14)31-7-8-32-22-19(25)12-16(13-20(22)30-3)11-18-23(26)28-21(27-24(18)29)10-15(2)33-28/h4-6,9-13,26H,7-8H2,1-3H3/b18-11-,26-23?. The molecule has 4 rings (SSSR count). The van der Waals surface area contributed by atoms with Gasteiger partial charge in [0.15, 0.2) is 23.2 Å². The van der Waals surface area contributed by atoms with Gasteiger partial charge in [-0.15, -0.1) is 5.06 Å². The van der Waals surface area contributed by atoms with Crippen LogP contribution in [0.5, 0.6) is 17.2 Å². The van der Waals surface area contributed by atoms with E-state index in [0.29, 0.717) is 34.5 Å². The number of allylic oxidation sites excluding steroid dienone is 1. The van der Waals surface area contributed by atoms with Crippen molar-refractivity contribution in [2.75, 3.05) is 20.3 Å². The van der Waals surface area contributed by atoms with Gasteiger partial charge >= 0.3 is 0 Å². The van der Waals surface area contributed by atoms with Crippen molar-refractivity contribution in [3.63, 3.8) is 0 Å². The van der Waals surface area contributed by atoms with Gasteiger partial charge in [0, 0.05) is 6.08 Å².